The lowest BCUT2D eigenvalue weighted by molar-refractivity contribution is 0.151. The summed E-state index contributed by atoms with van der Waals surface area (Å²) in [4.78, 5) is 26.7. The molecular weight excluding hydrogens is 334 g/mol. The second-order valence-corrected chi connectivity index (χ2v) is 7.33. The maximum absolute atomic E-state index is 12.7. The SMILES string of the molecule is Cc1nc2ccc(CNC(=O)N3CCCCC3c3nccs3)cc2[nH]1. The van der Waals surface area contributed by atoms with E-state index in [-0.39, 0.29) is 12.1 Å². The van der Waals surface area contributed by atoms with Crippen molar-refractivity contribution >= 4 is 28.4 Å². The van der Waals surface area contributed by atoms with Gasteiger partial charge in [-0.05, 0) is 43.9 Å². The fourth-order valence-corrected chi connectivity index (χ4v) is 4.19. The Kier molecular flexibility index (Phi) is 4.40. The van der Waals surface area contributed by atoms with Crippen molar-refractivity contribution in [1.82, 2.24) is 25.2 Å². The Morgan fingerprint density at radius 3 is 3.20 bits per heavy atom. The van der Waals surface area contributed by atoms with Crippen molar-refractivity contribution in [3.63, 3.8) is 0 Å². The second kappa shape index (κ2) is 6.84. The van der Waals surface area contributed by atoms with E-state index in [0.29, 0.717) is 6.54 Å². The van der Waals surface area contributed by atoms with E-state index >= 15 is 0 Å². The number of hydrogen-bond acceptors (Lipinski definition) is 4. The largest absolute Gasteiger partial charge is 0.342 e. The number of likely N-dealkylation sites (tertiary alicyclic amines) is 1. The van der Waals surface area contributed by atoms with Crippen LogP contribution in [-0.2, 0) is 6.54 Å². The molecule has 1 atom stereocenters. The Bertz CT molecular complexity index is 873. The molecule has 1 fully saturated rings. The molecule has 3 heterocycles. The predicted octanol–water partition coefficient (Wildman–Crippen LogP) is 3.76. The van der Waals surface area contributed by atoms with Gasteiger partial charge < -0.3 is 15.2 Å². The Balaban J connectivity index is 1.44. The minimum absolute atomic E-state index is 0.0132. The molecule has 7 heteroatoms. The van der Waals surface area contributed by atoms with Gasteiger partial charge in [0.05, 0.1) is 17.1 Å². The van der Waals surface area contributed by atoms with Crippen LogP contribution in [0.1, 0.15) is 41.7 Å². The molecule has 130 valence electrons. The Morgan fingerprint density at radius 1 is 1.44 bits per heavy atom. The number of nitrogens with one attached hydrogen (secondary N) is 2. The number of hydrogen-bond donors (Lipinski definition) is 2. The average Bonchev–Trinajstić information content (AvgIpc) is 3.28. The van der Waals surface area contributed by atoms with Crippen molar-refractivity contribution in [1.29, 1.82) is 0 Å². The van der Waals surface area contributed by atoms with E-state index in [4.69, 9.17) is 0 Å². The highest BCUT2D eigenvalue weighted by atomic mass is 32.1. The number of imidazole rings is 1. The fraction of sp³-hybridized carbons (Fsp3) is 0.389. The van der Waals surface area contributed by atoms with E-state index in [1.807, 2.05) is 41.6 Å². The molecule has 1 aliphatic rings. The molecule has 1 unspecified atom stereocenters. The molecule has 0 spiro atoms. The number of benzene rings is 1. The summed E-state index contributed by atoms with van der Waals surface area (Å²) in [6, 6.07) is 6.13. The summed E-state index contributed by atoms with van der Waals surface area (Å²) in [5.41, 5.74) is 3.02. The van der Waals surface area contributed by atoms with Gasteiger partial charge in [-0.25, -0.2) is 14.8 Å². The Morgan fingerprint density at radius 2 is 2.36 bits per heavy atom. The summed E-state index contributed by atoms with van der Waals surface area (Å²) in [6.07, 6.45) is 4.99. The number of amides is 2. The van der Waals surface area contributed by atoms with Crippen molar-refractivity contribution in [3.05, 3.63) is 46.2 Å². The van der Waals surface area contributed by atoms with E-state index in [1.54, 1.807) is 11.3 Å². The topological polar surface area (TPSA) is 73.9 Å². The van der Waals surface area contributed by atoms with Crippen molar-refractivity contribution in [2.75, 3.05) is 6.54 Å². The minimum Gasteiger partial charge on any atom is -0.342 e. The smallest absolute Gasteiger partial charge is 0.318 e. The first-order valence-electron chi connectivity index (χ1n) is 8.60. The van der Waals surface area contributed by atoms with Gasteiger partial charge in [0.25, 0.3) is 0 Å². The molecule has 0 saturated carbocycles. The van der Waals surface area contributed by atoms with Crippen molar-refractivity contribution < 1.29 is 4.79 Å². The Labute approximate surface area is 150 Å². The van der Waals surface area contributed by atoms with E-state index in [0.717, 1.165) is 53.2 Å². The van der Waals surface area contributed by atoms with Gasteiger partial charge in [0.15, 0.2) is 0 Å². The lowest BCUT2D eigenvalue weighted by Crippen LogP contribution is -2.44. The number of fused-ring (bicyclic) bond motifs is 1. The highest BCUT2D eigenvalue weighted by Crippen LogP contribution is 2.31. The summed E-state index contributed by atoms with van der Waals surface area (Å²) in [5, 5.41) is 6.07. The van der Waals surface area contributed by atoms with E-state index in [1.165, 1.54) is 0 Å². The number of urea groups is 1. The summed E-state index contributed by atoms with van der Waals surface area (Å²) in [5.74, 6) is 0.899. The first-order chi connectivity index (χ1) is 12.2. The molecule has 25 heavy (non-hydrogen) atoms. The van der Waals surface area contributed by atoms with Gasteiger partial charge in [-0.3, -0.25) is 0 Å². The number of carbonyl (C=O) groups is 1. The van der Waals surface area contributed by atoms with E-state index in [2.05, 4.69) is 20.3 Å². The van der Waals surface area contributed by atoms with Crippen LogP contribution in [-0.4, -0.2) is 32.4 Å². The molecular formula is C18H21N5OS. The summed E-state index contributed by atoms with van der Waals surface area (Å²) >= 11 is 1.62. The quantitative estimate of drug-likeness (QED) is 0.751. The average molecular weight is 355 g/mol. The first-order valence-corrected chi connectivity index (χ1v) is 9.48. The van der Waals surface area contributed by atoms with Gasteiger partial charge in [-0.15, -0.1) is 11.3 Å². The molecule has 3 aromatic rings. The summed E-state index contributed by atoms with van der Waals surface area (Å²) < 4.78 is 0. The summed E-state index contributed by atoms with van der Waals surface area (Å²) in [7, 11) is 0. The third-order valence-electron chi connectivity index (χ3n) is 4.61. The molecule has 0 bridgehead atoms. The molecule has 0 radical (unpaired) electrons. The molecule has 4 rings (SSSR count). The zero-order chi connectivity index (χ0) is 17.2. The molecule has 2 amide bonds. The maximum atomic E-state index is 12.7. The number of carbonyl (C=O) groups excluding carboxylic acids is 1. The fourth-order valence-electron chi connectivity index (χ4n) is 3.40. The van der Waals surface area contributed by atoms with Gasteiger partial charge >= 0.3 is 6.03 Å². The standard InChI is InChI=1S/C18H21N5OS/c1-12-21-14-6-5-13(10-15(14)22-12)11-20-18(24)23-8-3-2-4-16(23)17-19-7-9-25-17/h5-7,9-10,16H,2-4,8,11H2,1H3,(H,20,24)(H,21,22). The van der Waals surface area contributed by atoms with E-state index < -0.39 is 0 Å². The number of H-pyrrole nitrogens is 1. The molecule has 0 aliphatic carbocycles. The molecule has 1 aliphatic heterocycles. The zero-order valence-corrected chi connectivity index (χ0v) is 15.0. The molecule has 1 aromatic carbocycles. The third-order valence-corrected chi connectivity index (χ3v) is 5.49. The normalized spacial score (nSPS) is 17.8. The van der Waals surface area contributed by atoms with Crippen LogP contribution in [0.4, 0.5) is 4.79 Å². The highest BCUT2D eigenvalue weighted by Gasteiger charge is 2.29. The number of nitrogens with zero attached hydrogens (tertiary/aromatic N) is 3. The lowest BCUT2D eigenvalue weighted by atomic mass is 10.0. The van der Waals surface area contributed by atoms with Crippen LogP contribution in [0.3, 0.4) is 0 Å². The number of rotatable bonds is 3. The number of aromatic amines is 1. The monoisotopic (exact) mass is 355 g/mol. The van der Waals surface area contributed by atoms with Gasteiger partial charge in [-0.1, -0.05) is 6.07 Å². The van der Waals surface area contributed by atoms with Gasteiger partial charge in [0.2, 0.25) is 0 Å². The highest BCUT2D eigenvalue weighted by molar-refractivity contribution is 7.09. The Hall–Kier alpha value is -2.41. The van der Waals surface area contributed by atoms with Gasteiger partial charge in [-0.2, -0.15) is 0 Å². The van der Waals surface area contributed by atoms with Crippen molar-refractivity contribution in [2.45, 2.75) is 38.8 Å². The number of aromatic nitrogens is 3. The maximum Gasteiger partial charge on any atom is 0.318 e. The van der Waals surface area contributed by atoms with Crippen LogP contribution in [0, 0.1) is 6.92 Å². The molecule has 2 N–H and O–H groups in total. The van der Waals surface area contributed by atoms with Gasteiger partial charge in [0, 0.05) is 24.7 Å². The van der Waals surface area contributed by atoms with Crippen LogP contribution in [0.25, 0.3) is 11.0 Å². The minimum atomic E-state index is -0.0132. The third kappa shape index (κ3) is 3.37. The number of aryl methyl sites for hydroxylation is 1. The second-order valence-electron chi connectivity index (χ2n) is 6.41. The van der Waals surface area contributed by atoms with Crippen molar-refractivity contribution in [2.24, 2.45) is 0 Å². The molecule has 2 aromatic heterocycles. The lowest BCUT2D eigenvalue weighted by Gasteiger charge is -2.34. The molecule has 6 nitrogen and oxygen atoms in total. The van der Waals surface area contributed by atoms with Gasteiger partial charge in [0.1, 0.15) is 10.8 Å². The predicted molar refractivity (Wildman–Crippen MR) is 98.5 cm³/mol. The number of thiazole rings is 1. The number of piperidine rings is 1. The first kappa shape index (κ1) is 16.1. The van der Waals surface area contributed by atoms with Crippen LogP contribution in [0.2, 0.25) is 0 Å². The van der Waals surface area contributed by atoms with Crippen LogP contribution in [0.15, 0.2) is 29.8 Å². The van der Waals surface area contributed by atoms with Crippen molar-refractivity contribution in [3.8, 4) is 0 Å². The zero-order valence-electron chi connectivity index (χ0n) is 14.2. The van der Waals surface area contributed by atoms with Crippen LogP contribution >= 0.6 is 11.3 Å². The van der Waals surface area contributed by atoms with Crippen LogP contribution in [0.5, 0.6) is 0 Å². The van der Waals surface area contributed by atoms with Crippen LogP contribution < -0.4 is 5.32 Å². The summed E-state index contributed by atoms with van der Waals surface area (Å²) in [6.45, 7) is 3.24. The molecule has 1 saturated heterocycles. The van der Waals surface area contributed by atoms with E-state index in [9.17, 15) is 4.79 Å².